The van der Waals surface area contributed by atoms with Crippen LogP contribution in [0.1, 0.15) is 9.67 Å². The predicted octanol–water partition coefficient (Wildman–Crippen LogP) is 3.25. The number of carbonyl (C=O) groups is 1. The number of rotatable bonds is 3. The summed E-state index contributed by atoms with van der Waals surface area (Å²) < 4.78 is 14.2. The van der Waals surface area contributed by atoms with E-state index >= 15 is 0 Å². The van der Waals surface area contributed by atoms with Crippen LogP contribution in [-0.4, -0.2) is 10.9 Å². The molecule has 0 saturated carbocycles. The Morgan fingerprint density at radius 2 is 2.16 bits per heavy atom. The van der Waals surface area contributed by atoms with E-state index in [0.717, 1.165) is 4.70 Å². The number of nitrogens with one attached hydrogen (secondary N) is 2. The van der Waals surface area contributed by atoms with Gasteiger partial charge in [-0.15, -0.1) is 11.3 Å². The van der Waals surface area contributed by atoms with Crippen LogP contribution >= 0.6 is 22.7 Å². The molecule has 1 aromatic carbocycles. The molecular weight excluding hydrogens is 285 g/mol. The topological polar surface area (TPSA) is 54.0 Å². The van der Waals surface area contributed by atoms with Crippen LogP contribution < -0.4 is 10.9 Å². The van der Waals surface area contributed by atoms with E-state index in [1.54, 1.807) is 24.3 Å². The summed E-state index contributed by atoms with van der Waals surface area (Å²) in [6, 6.07) is 8.29. The summed E-state index contributed by atoms with van der Waals surface area (Å²) in [5.41, 5.74) is 5.53. The minimum absolute atomic E-state index is 0.241. The third-order valence-corrected chi connectivity index (χ3v) is 4.20. The van der Waals surface area contributed by atoms with Gasteiger partial charge in [-0.25, -0.2) is 9.37 Å². The molecule has 7 heteroatoms. The van der Waals surface area contributed by atoms with Crippen molar-refractivity contribution in [3.8, 4) is 0 Å². The van der Waals surface area contributed by atoms with Gasteiger partial charge in [0.05, 0.1) is 9.58 Å². The van der Waals surface area contributed by atoms with Crippen molar-refractivity contribution in [3.05, 3.63) is 46.4 Å². The molecule has 4 nitrogen and oxygen atoms in total. The number of thiophene rings is 1. The van der Waals surface area contributed by atoms with E-state index in [1.807, 2.05) is 5.38 Å². The first-order valence-electron chi connectivity index (χ1n) is 5.39. The molecule has 0 bridgehead atoms. The third-order valence-electron chi connectivity index (χ3n) is 2.40. The number of nitrogens with zero attached hydrogens (tertiary/aromatic N) is 1. The molecule has 2 N–H and O–H groups in total. The molecule has 0 saturated heterocycles. The van der Waals surface area contributed by atoms with E-state index < -0.39 is 0 Å². The lowest BCUT2D eigenvalue weighted by atomic mass is 10.3. The number of hydrazine groups is 1. The molecule has 2 heterocycles. The summed E-state index contributed by atoms with van der Waals surface area (Å²) in [5.74, 6) is -0.610. The van der Waals surface area contributed by atoms with Crippen LogP contribution in [0.3, 0.4) is 0 Å². The second-order valence-electron chi connectivity index (χ2n) is 3.66. The summed E-state index contributed by atoms with van der Waals surface area (Å²) >= 11 is 2.62. The quantitative estimate of drug-likeness (QED) is 0.729. The van der Waals surface area contributed by atoms with Crippen molar-refractivity contribution >= 4 is 43.9 Å². The number of hydrogen-bond acceptors (Lipinski definition) is 5. The maximum absolute atomic E-state index is 13.5. The predicted molar refractivity (Wildman–Crippen MR) is 75.0 cm³/mol. The van der Waals surface area contributed by atoms with E-state index in [2.05, 4.69) is 15.8 Å². The van der Waals surface area contributed by atoms with E-state index in [9.17, 15) is 9.18 Å². The summed E-state index contributed by atoms with van der Waals surface area (Å²) in [6.45, 7) is 0. The summed E-state index contributed by atoms with van der Waals surface area (Å²) in [7, 11) is 0. The van der Waals surface area contributed by atoms with E-state index in [4.69, 9.17) is 0 Å². The van der Waals surface area contributed by atoms with Crippen molar-refractivity contribution in [3.63, 3.8) is 0 Å². The first kappa shape index (κ1) is 12.1. The maximum atomic E-state index is 13.5. The fraction of sp³-hybridized carbons (Fsp3) is 0. The average molecular weight is 293 g/mol. The van der Waals surface area contributed by atoms with Crippen LogP contribution in [0.5, 0.6) is 0 Å². The molecule has 0 fully saturated rings. The Morgan fingerprint density at radius 3 is 2.89 bits per heavy atom. The minimum atomic E-state index is -0.369. The Balaban J connectivity index is 1.75. The van der Waals surface area contributed by atoms with Crippen LogP contribution in [0.25, 0.3) is 10.2 Å². The molecular formula is C12H8FN3OS2. The Labute approximate surface area is 115 Å². The first-order valence-corrected chi connectivity index (χ1v) is 7.08. The van der Waals surface area contributed by atoms with Gasteiger partial charge >= 0.3 is 0 Å². The van der Waals surface area contributed by atoms with E-state index in [0.29, 0.717) is 15.5 Å². The number of amides is 1. The molecule has 0 radical (unpaired) electrons. The van der Waals surface area contributed by atoms with Gasteiger partial charge in [0.2, 0.25) is 5.13 Å². The highest BCUT2D eigenvalue weighted by molar-refractivity contribution is 7.22. The molecule has 0 spiro atoms. The highest BCUT2D eigenvalue weighted by atomic mass is 32.1. The van der Waals surface area contributed by atoms with Crippen LogP contribution in [0.4, 0.5) is 9.52 Å². The lowest BCUT2D eigenvalue weighted by molar-refractivity contribution is 0.0966. The number of thiazole rings is 1. The maximum Gasteiger partial charge on any atom is 0.279 e. The zero-order valence-electron chi connectivity index (χ0n) is 9.51. The number of hydrogen-bond donors (Lipinski definition) is 2. The van der Waals surface area contributed by atoms with Crippen LogP contribution in [0.2, 0.25) is 0 Å². The number of aromatic nitrogens is 1. The van der Waals surface area contributed by atoms with Crippen LogP contribution in [-0.2, 0) is 0 Å². The Kier molecular flexibility index (Phi) is 3.14. The highest BCUT2D eigenvalue weighted by Crippen LogP contribution is 2.26. The van der Waals surface area contributed by atoms with Crippen LogP contribution in [0, 0.1) is 5.82 Å². The number of para-hydroxylation sites is 1. The number of fused-ring (bicyclic) bond motifs is 1. The molecule has 19 heavy (non-hydrogen) atoms. The normalized spacial score (nSPS) is 10.6. The van der Waals surface area contributed by atoms with Crippen molar-refractivity contribution in [2.45, 2.75) is 0 Å². The summed E-state index contributed by atoms with van der Waals surface area (Å²) in [4.78, 5) is 16.4. The van der Waals surface area contributed by atoms with Gasteiger partial charge in [-0.3, -0.25) is 15.6 Å². The highest BCUT2D eigenvalue weighted by Gasteiger charge is 2.09. The van der Waals surface area contributed by atoms with Crippen LogP contribution in [0.15, 0.2) is 35.7 Å². The Morgan fingerprint density at radius 1 is 1.26 bits per heavy atom. The molecule has 0 aliphatic heterocycles. The standard InChI is InChI=1S/C12H8FN3OS2/c13-7-3-1-4-8-10(7)14-12(19-8)16-15-11(17)9-5-2-6-18-9/h1-6H,(H,14,16)(H,15,17). The van der Waals surface area contributed by atoms with Crippen molar-refractivity contribution in [2.75, 3.05) is 5.43 Å². The van der Waals surface area contributed by atoms with Gasteiger partial charge < -0.3 is 0 Å². The molecule has 2 aromatic heterocycles. The van der Waals surface area contributed by atoms with Gasteiger partial charge in [0.25, 0.3) is 5.91 Å². The van der Waals surface area contributed by atoms with Crippen molar-refractivity contribution in [2.24, 2.45) is 0 Å². The smallest absolute Gasteiger partial charge is 0.273 e. The molecule has 1 amide bonds. The lowest BCUT2D eigenvalue weighted by Crippen LogP contribution is -2.28. The van der Waals surface area contributed by atoms with Crippen molar-refractivity contribution in [1.82, 2.24) is 10.4 Å². The molecule has 3 aromatic rings. The second kappa shape index (κ2) is 4.94. The van der Waals surface area contributed by atoms with E-state index in [1.165, 1.54) is 28.7 Å². The van der Waals surface area contributed by atoms with Gasteiger partial charge in [0.1, 0.15) is 11.3 Å². The van der Waals surface area contributed by atoms with Crippen molar-refractivity contribution in [1.29, 1.82) is 0 Å². The lowest BCUT2D eigenvalue weighted by Gasteiger charge is -2.02. The fourth-order valence-corrected chi connectivity index (χ4v) is 3.00. The SMILES string of the molecule is O=C(NNc1nc2c(F)cccc2s1)c1cccs1. The minimum Gasteiger partial charge on any atom is -0.273 e. The monoisotopic (exact) mass is 293 g/mol. The van der Waals surface area contributed by atoms with Gasteiger partial charge in [-0.2, -0.15) is 0 Å². The molecule has 3 rings (SSSR count). The number of halogens is 1. The van der Waals surface area contributed by atoms with Gasteiger partial charge in [0, 0.05) is 0 Å². The number of carbonyl (C=O) groups excluding carboxylic acids is 1. The Hall–Kier alpha value is -1.99. The molecule has 0 aliphatic carbocycles. The average Bonchev–Trinajstić information content (AvgIpc) is 3.05. The van der Waals surface area contributed by atoms with Gasteiger partial charge in [-0.1, -0.05) is 23.5 Å². The zero-order valence-corrected chi connectivity index (χ0v) is 11.1. The third kappa shape index (κ3) is 2.42. The molecule has 96 valence electrons. The molecule has 0 atom stereocenters. The fourth-order valence-electron chi connectivity index (χ4n) is 1.55. The number of benzene rings is 1. The number of anilines is 1. The van der Waals surface area contributed by atoms with Crippen molar-refractivity contribution < 1.29 is 9.18 Å². The van der Waals surface area contributed by atoms with Gasteiger partial charge in [-0.05, 0) is 23.6 Å². The summed E-state index contributed by atoms with van der Waals surface area (Å²) in [5, 5.41) is 2.27. The second-order valence-corrected chi connectivity index (χ2v) is 5.64. The largest absolute Gasteiger partial charge is 0.279 e. The first-order chi connectivity index (χ1) is 9.24. The molecule has 0 unspecified atom stereocenters. The zero-order chi connectivity index (χ0) is 13.2. The van der Waals surface area contributed by atoms with Gasteiger partial charge in [0.15, 0.2) is 0 Å². The Bertz CT molecular complexity index is 724. The summed E-state index contributed by atoms with van der Waals surface area (Å²) in [6.07, 6.45) is 0. The van der Waals surface area contributed by atoms with E-state index in [-0.39, 0.29) is 11.7 Å². The molecule has 0 aliphatic rings.